The molecule has 0 aliphatic carbocycles. The SMILES string of the molecule is O=C(Nc1ccncc1)c1ccc2c(c1)CNC2. The molecule has 1 aromatic carbocycles. The van der Waals surface area contributed by atoms with E-state index in [4.69, 9.17) is 0 Å². The van der Waals surface area contributed by atoms with Gasteiger partial charge in [0.05, 0.1) is 0 Å². The van der Waals surface area contributed by atoms with Crippen molar-refractivity contribution in [3.8, 4) is 0 Å². The topological polar surface area (TPSA) is 54.0 Å². The molecule has 1 aliphatic heterocycles. The number of benzene rings is 1. The zero-order chi connectivity index (χ0) is 12.4. The zero-order valence-corrected chi connectivity index (χ0v) is 9.81. The lowest BCUT2D eigenvalue weighted by molar-refractivity contribution is 0.102. The molecule has 0 saturated heterocycles. The molecule has 1 aromatic heterocycles. The van der Waals surface area contributed by atoms with Crippen molar-refractivity contribution in [1.82, 2.24) is 10.3 Å². The van der Waals surface area contributed by atoms with E-state index in [1.54, 1.807) is 24.5 Å². The summed E-state index contributed by atoms with van der Waals surface area (Å²) in [6.45, 7) is 1.73. The van der Waals surface area contributed by atoms with E-state index in [0.29, 0.717) is 5.56 Å². The number of hydrogen-bond acceptors (Lipinski definition) is 3. The normalized spacial score (nSPS) is 13.1. The van der Waals surface area contributed by atoms with E-state index in [0.717, 1.165) is 18.8 Å². The van der Waals surface area contributed by atoms with E-state index in [9.17, 15) is 4.79 Å². The van der Waals surface area contributed by atoms with E-state index in [1.807, 2.05) is 18.2 Å². The lowest BCUT2D eigenvalue weighted by Gasteiger charge is -2.06. The fourth-order valence-corrected chi connectivity index (χ4v) is 2.07. The van der Waals surface area contributed by atoms with Crippen LogP contribution >= 0.6 is 0 Å². The van der Waals surface area contributed by atoms with Crippen molar-refractivity contribution >= 4 is 11.6 Å². The van der Waals surface area contributed by atoms with Crippen molar-refractivity contribution in [2.75, 3.05) is 5.32 Å². The molecule has 0 spiro atoms. The highest BCUT2D eigenvalue weighted by Gasteiger charge is 2.13. The molecule has 3 rings (SSSR count). The second kappa shape index (κ2) is 4.58. The monoisotopic (exact) mass is 239 g/mol. The van der Waals surface area contributed by atoms with E-state index in [-0.39, 0.29) is 5.91 Å². The van der Waals surface area contributed by atoms with Crippen LogP contribution < -0.4 is 10.6 Å². The van der Waals surface area contributed by atoms with Gasteiger partial charge in [0.2, 0.25) is 0 Å². The Morgan fingerprint density at radius 1 is 1.11 bits per heavy atom. The van der Waals surface area contributed by atoms with Gasteiger partial charge in [-0.15, -0.1) is 0 Å². The van der Waals surface area contributed by atoms with Crippen molar-refractivity contribution in [2.24, 2.45) is 0 Å². The van der Waals surface area contributed by atoms with Gasteiger partial charge in [-0.2, -0.15) is 0 Å². The third kappa shape index (κ3) is 2.10. The summed E-state index contributed by atoms with van der Waals surface area (Å²) < 4.78 is 0. The van der Waals surface area contributed by atoms with Crippen molar-refractivity contribution in [3.63, 3.8) is 0 Å². The van der Waals surface area contributed by atoms with Crippen LogP contribution in [-0.4, -0.2) is 10.9 Å². The first-order valence-corrected chi connectivity index (χ1v) is 5.87. The maximum Gasteiger partial charge on any atom is 0.255 e. The number of amides is 1. The van der Waals surface area contributed by atoms with Crippen LogP contribution in [0.4, 0.5) is 5.69 Å². The van der Waals surface area contributed by atoms with Crippen LogP contribution in [0.5, 0.6) is 0 Å². The number of nitrogens with one attached hydrogen (secondary N) is 2. The van der Waals surface area contributed by atoms with Crippen LogP contribution in [0.25, 0.3) is 0 Å². The number of fused-ring (bicyclic) bond motifs is 1. The minimum Gasteiger partial charge on any atom is -0.322 e. The van der Waals surface area contributed by atoms with Crippen molar-refractivity contribution in [2.45, 2.75) is 13.1 Å². The van der Waals surface area contributed by atoms with Crippen molar-refractivity contribution in [1.29, 1.82) is 0 Å². The van der Waals surface area contributed by atoms with Crippen molar-refractivity contribution < 1.29 is 4.79 Å². The van der Waals surface area contributed by atoms with E-state index < -0.39 is 0 Å². The maximum absolute atomic E-state index is 12.1. The van der Waals surface area contributed by atoms with Crippen LogP contribution in [0.1, 0.15) is 21.5 Å². The molecule has 0 unspecified atom stereocenters. The maximum atomic E-state index is 12.1. The molecule has 0 bridgehead atoms. The number of pyridine rings is 1. The summed E-state index contributed by atoms with van der Waals surface area (Å²) in [5.74, 6) is -0.0871. The molecule has 0 fully saturated rings. The first kappa shape index (κ1) is 10.9. The molecule has 90 valence electrons. The average Bonchev–Trinajstić information content (AvgIpc) is 2.87. The Morgan fingerprint density at radius 3 is 2.72 bits per heavy atom. The molecule has 4 heteroatoms. The Bertz CT molecular complexity index is 581. The molecule has 0 saturated carbocycles. The average molecular weight is 239 g/mol. The third-order valence-electron chi connectivity index (χ3n) is 3.04. The van der Waals surface area contributed by atoms with Gasteiger partial charge in [-0.3, -0.25) is 9.78 Å². The first-order valence-electron chi connectivity index (χ1n) is 5.87. The van der Waals surface area contributed by atoms with Crippen LogP contribution in [0, 0.1) is 0 Å². The molecule has 2 heterocycles. The number of rotatable bonds is 2. The molecule has 1 aliphatic rings. The van der Waals surface area contributed by atoms with Crippen LogP contribution in [0.3, 0.4) is 0 Å². The summed E-state index contributed by atoms with van der Waals surface area (Å²) in [5.41, 5.74) is 3.93. The van der Waals surface area contributed by atoms with Crippen LogP contribution in [0.2, 0.25) is 0 Å². The van der Waals surface area contributed by atoms with Gasteiger partial charge in [-0.25, -0.2) is 0 Å². The summed E-state index contributed by atoms with van der Waals surface area (Å²) in [7, 11) is 0. The summed E-state index contributed by atoms with van der Waals surface area (Å²) in [5, 5.41) is 6.11. The lowest BCUT2D eigenvalue weighted by Crippen LogP contribution is -2.12. The quantitative estimate of drug-likeness (QED) is 0.842. The molecular formula is C14H13N3O. The fourth-order valence-electron chi connectivity index (χ4n) is 2.07. The number of nitrogens with zero attached hydrogens (tertiary/aromatic N) is 1. The number of anilines is 1. The number of carbonyl (C=O) groups excluding carboxylic acids is 1. The molecule has 1 amide bonds. The highest BCUT2D eigenvalue weighted by Crippen LogP contribution is 2.17. The third-order valence-corrected chi connectivity index (χ3v) is 3.04. The van der Waals surface area contributed by atoms with Gasteiger partial charge < -0.3 is 10.6 Å². The zero-order valence-electron chi connectivity index (χ0n) is 9.81. The highest BCUT2D eigenvalue weighted by atomic mass is 16.1. The summed E-state index contributed by atoms with van der Waals surface area (Å²) >= 11 is 0. The lowest BCUT2D eigenvalue weighted by atomic mass is 10.1. The Hall–Kier alpha value is -2.20. The Morgan fingerprint density at radius 2 is 1.89 bits per heavy atom. The molecule has 0 atom stereocenters. The van der Waals surface area contributed by atoms with Crippen LogP contribution in [-0.2, 0) is 13.1 Å². The first-order chi connectivity index (χ1) is 8.83. The van der Waals surface area contributed by atoms with E-state index in [2.05, 4.69) is 15.6 Å². The number of hydrogen-bond donors (Lipinski definition) is 2. The standard InChI is InChI=1S/C14H13N3O/c18-14(17-13-3-5-15-6-4-13)10-1-2-11-8-16-9-12(11)7-10/h1-7,16H,8-9H2,(H,15,17,18). The van der Waals surface area contributed by atoms with E-state index in [1.165, 1.54) is 11.1 Å². The highest BCUT2D eigenvalue weighted by molar-refractivity contribution is 6.04. The second-order valence-corrected chi connectivity index (χ2v) is 4.28. The Labute approximate surface area is 105 Å². The van der Waals surface area contributed by atoms with Gasteiger partial charge in [-0.1, -0.05) is 6.07 Å². The molecule has 2 N–H and O–H groups in total. The van der Waals surface area contributed by atoms with Gasteiger partial charge in [0.1, 0.15) is 0 Å². The Balaban J connectivity index is 1.81. The largest absolute Gasteiger partial charge is 0.322 e. The fraction of sp³-hybridized carbons (Fsp3) is 0.143. The molecule has 18 heavy (non-hydrogen) atoms. The molecule has 4 nitrogen and oxygen atoms in total. The Kier molecular flexibility index (Phi) is 2.78. The number of carbonyl (C=O) groups is 1. The molecule has 0 radical (unpaired) electrons. The smallest absolute Gasteiger partial charge is 0.255 e. The minimum atomic E-state index is -0.0871. The van der Waals surface area contributed by atoms with Gasteiger partial charge in [-0.05, 0) is 35.4 Å². The van der Waals surface area contributed by atoms with Crippen LogP contribution in [0.15, 0.2) is 42.7 Å². The predicted molar refractivity (Wildman–Crippen MR) is 69.2 cm³/mol. The second-order valence-electron chi connectivity index (χ2n) is 4.28. The van der Waals surface area contributed by atoms with Gasteiger partial charge in [0, 0.05) is 36.7 Å². The predicted octanol–water partition coefficient (Wildman–Crippen LogP) is 1.94. The molecular weight excluding hydrogens is 226 g/mol. The van der Waals surface area contributed by atoms with Gasteiger partial charge >= 0.3 is 0 Å². The molecule has 2 aromatic rings. The van der Waals surface area contributed by atoms with Gasteiger partial charge in [0.15, 0.2) is 0 Å². The summed E-state index contributed by atoms with van der Waals surface area (Å²) in [6, 6.07) is 9.37. The number of aromatic nitrogens is 1. The van der Waals surface area contributed by atoms with Gasteiger partial charge in [0.25, 0.3) is 5.91 Å². The summed E-state index contributed by atoms with van der Waals surface area (Å²) in [4.78, 5) is 16.0. The van der Waals surface area contributed by atoms with E-state index >= 15 is 0 Å². The minimum absolute atomic E-state index is 0.0871. The summed E-state index contributed by atoms with van der Waals surface area (Å²) in [6.07, 6.45) is 3.31. The van der Waals surface area contributed by atoms with Crippen molar-refractivity contribution in [3.05, 3.63) is 59.4 Å².